The van der Waals surface area contributed by atoms with Crippen molar-refractivity contribution in [3.05, 3.63) is 28.3 Å². The quantitative estimate of drug-likeness (QED) is 0.684. The second-order valence-corrected chi connectivity index (χ2v) is 6.38. The lowest BCUT2D eigenvalue weighted by Gasteiger charge is -2.27. The first-order valence-electron chi connectivity index (χ1n) is 7.49. The molecule has 2 unspecified atom stereocenters. The van der Waals surface area contributed by atoms with Crippen LogP contribution in [0, 0.1) is 12.3 Å². The van der Waals surface area contributed by atoms with Crippen LogP contribution in [0.2, 0.25) is 5.02 Å². The van der Waals surface area contributed by atoms with E-state index in [1.54, 1.807) is 13.1 Å². The van der Waals surface area contributed by atoms with E-state index in [9.17, 15) is 4.79 Å². The molecule has 1 amide bonds. The molecule has 2 N–H and O–H groups in total. The van der Waals surface area contributed by atoms with Gasteiger partial charge in [-0.1, -0.05) is 18.5 Å². The van der Waals surface area contributed by atoms with Crippen molar-refractivity contribution in [2.45, 2.75) is 32.2 Å². The number of benzene rings is 1. The van der Waals surface area contributed by atoms with E-state index in [0.717, 1.165) is 30.4 Å². The molecule has 22 heavy (non-hydrogen) atoms. The lowest BCUT2D eigenvalue weighted by atomic mass is 10.1. The van der Waals surface area contributed by atoms with Gasteiger partial charge in [0.25, 0.3) is 0 Å². The molecule has 0 spiro atoms. The standard InChI is InChI=1S/C17H22ClN2O2/c1-4-8-20(3,9-5-2)17(21)22-16-11-13-12(10-14(16)18)6-7-15(13)19/h1,10-11,15H,5-9,19H2,2-3H3/q+1. The van der Waals surface area contributed by atoms with Crippen molar-refractivity contribution in [1.82, 2.24) is 0 Å². The third kappa shape index (κ3) is 3.27. The number of rotatable bonds is 4. The Hall–Kier alpha value is -1.54. The van der Waals surface area contributed by atoms with Crippen LogP contribution in [0.5, 0.6) is 5.75 Å². The topological polar surface area (TPSA) is 52.3 Å². The summed E-state index contributed by atoms with van der Waals surface area (Å²) < 4.78 is 5.57. The molecule has 0 radical (unpaired) electrons. The number of carbonyl (C=O) groups excluding carboxylic acids is 1. The van der Waals surface area contributed by atoms with Crippen molar-refractivity contribution in [3.63, 3.8) is 0 Å². The summed E-state index contributed by atoms with van der Waals surface area (Å²) in [5.74, 6) is 2.90. The number of nitrogens with zero attached hydrogens (tertiary/aromatic N) is 1. The van der Waals surface area contributed by atoms with E-state index in [2.05, 4.69) is 5.92 Å². The number of amides is 1. The molecule has 0 aromatic heterocycles. The van der Waals surface area contributed by atoms with E-state index in [1.165, 1.54) is 0 Å². The van der Waals surface area contributed by atoms with Gasteiger partial charge in [-0.3, -0.25) is 0 Å². The van der Waals surface area contributed by atoms with E-state index in [0.29, 0.717) is 17.3 Å². The minimum Gasteiger partial charge on any atom is -0.379 e. The van der Waals surface area contributed by atoms with Crippen molar-refractivity contribution in [2.24, 2.45) is 5.73 Å². The maximum absolute atomic E-state index is 12.5. The Morgan fingerprint density at radius 2 is 2.32 bits per heavy atom. The van der Waals surface area contributed by atoms with Crippen LogP contribution in [0.15, 0.2) is 12.1 Å². The van der Waals surface area contributed by atoms with Crippen LogP contribution >= 0.6 is 11.6 Å². The summed E-state index contributed by atoms with van der Waals surface area (Å²) in [6.07, 6.45) is 7.62. The highest BCUT2D eigenvalue weighted by atomic mass is 35.5. The fourth-order valence-electron chi connectivity index (χ4n) is 2.85. The fourth-order valence-corrected chi connectivity index (χ4v) is 3.08. The Kier molecular flexibility index (Phi) is 5.12. The van der Waals surface area contributed by atoms with E-state index in [-0.39, 0.29) is 17.1 Å². The number of terminal acetylenes is 1. The van der Waals surface area contributed by atoms with Gasteiger partial charge < -0.3 is 10.5 Å². The SMILES string of the molecule is C#CC[N+](C)(CCC)C(=O)Oc1cc2c(cc1Cl)CCC2N. The molecular weight excluding hydrogens is 300 g/mol. The molecule has 0 heterocycles. The number of nitrogens with two attached hydrogens (primary N) is 1. The van der Waals surface area contributed by atoms with Gasteiger partial charge in [0, 0.05) is 6.04 Å². The molecule has 118 valence electrons. The van der Waals surface area contributed by atoms with Crippen LogP contribution in [0.4, 0.5) is 4.79 Å². The first-order valence-corrected chi connectivity index (χ1v) is 7.87. The van der Waals surface area contributed by atoms with Crippen molar-refractivity contribution in [1.29, 1.82) is 0 Å². The smallest absolute Gasteiger partial charge is 0.379 e. The third-order valence-corrected chi connectivity index (χ3v) is 4.41. The zero-order valence-electron chi connectivity index (χ0n) is 13.1. The largest absolute Gasteiger partial charge is 0.522 e. The monoisotopic (exact) mass is 321 g/mol. The summed E-state index contributed by atoms with van der Waals surface area (Å²) in [6, 6.07) is 3.61. The number of quaternary nitrogens is 1. The van der Waals surface area contributed by atoms with Crippen molar-refractivity contribution in [3.8, 4) is 18.1 Å². The zero-order valence-corrected chi connectivity index (χ0v) is 13.8. The number of hydrogen-bond donors (Lipinski definition) is 1. The van der Waals surface area contributed by atoms with Gasteiger partial charge in [-0.05, 0) is 48.4 Å². The van der Waals surface area contributed by atoms with E-state index >= 15 is 0 Å². The molecule has 0 saturated carbocycles. The fraction of sp³-hybridized carbons (Fsp3) is 0.471. The number of fused-ring (bicyclic) bond motifs is 1. The summed E-state index contributed by atoms with van der Waals surface area (Å²) in [7, 11) is 1.78. The maximum atomic E-state index is 12.5. The van der Waals surface area contributed by atoms with Gasteiger partial charge in [-0.15, -0.1) is 6.42 Å². The second-order valence-electron chi connectivity index (χ2n) is 5.98. The number of carbonyl (C=O) groups is 1. The molecule has 1 aliphatic carbocycles. The lowest BCUT2D eigenvalue weighted by Crippen LogP contribution is -2.51. The molecule has 0 saturated heterocycles. The molecule has 0 bridgehead atoms. The number of aryl methyl sites for hydroxylation is 1. The van der Waals surface area contributed by atoms with E-state index in [1.807, 2.05) is 13.0 Å². The summed E-state index contributed by atoms with van der Waals surface area (Å²) >= 11 is 6.24. The summed E-state index contributed by atoms with van der Waals surface area (Å²) in [5, 5.41) is 0.435. The van der Waals surface area contributed by atoms with Crippen LogP contribution in [0.1, 0.15) is 36.9 Å². The molecule has 1 aliphatic rings. The third-order valence-electron chi connectivity index (χ3n) is 4.11. The van der Waals surface area contributed by atoms with Gasteiger partial charge in [0.1, 0.15) is 6.54 Å². The van der Waals surface area contributed by atoms with Gasteiger partial charge in [-0.2, -0.15) is 4.79 Å². The Balaban J connectivity index is 2.25. The van der Waals surface area contributed by atoms with Crippen molar-refractivity contribution >= 4 is 17.7 Å². The molecule has 5 heteroatoms. The predicted molar refractivity (Wildman–Crippen MR) is 87.8 cm³/mol. The molecule has 1 aromatic rings. The van der Waals surface area contributed by atoms with Gasteiger partial charge >= 0.3 is 6.09 Å². The van der Waals surface area contributed by atoms with Gasteiger partial charge in [0.15, 0.2) is 5.75 Å². The van der Waals surface area contributed by atoms with E-state index < -0.39 is 6.09 Å². The molecule has 0 aliphatic heterocycles. The van der Waals surface area contributed by atoms with Crippen LogP contribution in [0.25, 0.3) is 0 Å². The zero-order chi connectivity index (χ0) is 16.3. The van der Waals surface area contributed by atoms with Crippen LogP contribution in [0.3, 0.4) is 0 Å². The highest BCUT2D eigenvalue weighted by Gasteiger charge is 2.34. The molecule has 2 atom stereocenters. The van der Waals surface area contributed by atoms with Crippen LogP contribution in [-0.4, -0.2) is 30.7 Å². The summed E-state index contributed by atoms with van der Waals surface area (Å²) in [6.45, 7) is 2.90. The molecule has 1 aromatic carbocycles. The predicted octanol–water partition coefficient (Wildman–Crippen LogP) is 3.27. The highest BCUT2D eigenvalue weighted by Crippen LogP contribution is 2.37. The van der Waals surface area contributed by atoms with Crippen molar-refractivity contribution in [2.75, 3.05) is 20.1 Å². The lowest BCUT2D eigenvalue weighted by molar-refractivity contribution is -0.828. The minimum absolute atomic E-state index is 0.0213. The highest BCUT2D eigenvalue weighted by molar-refractivity contribution is 6.32. The molecule has 4 nitrogen and oxygen atoms in total. The van der Waals surface area contributed by atoms with Gasteiger partial charge in [0.05, 0.1) is 18.6 Å². The summed E-state index contributed by atoms with van der Waals surface area (Å²) in [4.78, 5) is 12.5. The Morgan fingerprint density at radius 1 is 1.59 bits per heavy atom. The maximum Gasteiger partial charge on any atom is 0.522 e. The molecule has 0 fully saturated rings. The van der Waals surface area contributed by atoms with Gasteiger partial charge in [-0.25, -0.2) is 4.48 Å². The average molecular weight is 322 g/mol. The van der Waals surface area contributed by atoms with E-state index in [4.69, 9.17) is 28.5 Å². The number of hydrogen-bond acceptors (Lipinski definition) is 3. The average Bonchev–Trinajstić information content (AvgIpc) is 2.80. The Bertz CT molecular complexity index is 624. The number of ether oxygens (including phenoxy) is 1. The molecular formula is C17H22ClN2O2+. The Labute approximate surface area is 136 Å². The normalized spacial score (nSPS) is 19.1. The minimum atomic E-state index is -0.395. The van der Waals surface area contributed by atoms with Gasteiger partial charge in [0.2, 0.25) is 0 Å². The Morgan fingerprint density at radius 3 is 2.95 bits per heavy atom. The first kappa shape index (κ1) is 16.8. The van der Waals surface area contributed by atoms with Crippen LogP contribution in [-0.2, 0) is 6.42 Å². The molecule has 2 rings (SSSR count). The second kappa shape index (κ2) is 6.70. The number of halogens is 1. The summed E-state index contributed by atoms with van der Waals surface area (Å²) in [5.41, 5.74) is 8.20. The first-order chi connectivity index (χ1) is 10.4. The van der Waals surface area contributed by atoms with Crippen molar-refractivity contribution < 1.29 is 14.0 Å². The van der Waals surface area contributed by atoms with Crippen LogP contribution < -0.4 is 10.5 Å².